The Morgan fingerprint density at radius 3 is 1.03 bits per heavy atom. The van der Waals surface area contributed by atoms with Gasteiger partial charge in [0.25, 0.3) is 0 Å². The first-order chi connectivity index (χ1) is 35.6. The molecule has 0 spiro atoms. The van der Waals surface area contributed by atoms with E-state index < -0.39 is 6.10 Å². The van der Waals surface area contributed by atoms with Gasteiger partial charge in [0, 0.05) is 19.4 Å². The zero-order valence-electron chi connectivity index (χ0n) is 48.2. The van der Waals surface area contributed by atoms with Crippen molar-refractivity contribution < 1.29 is 23.8 Å². The third-order valence-electron chi connectivity index (χ3n) is 13.7. The van der Waals surface area contributed by atoms with Gasteiger partial charge in [0.15, 0.2) is 6.10 Å². The maximum atomic E-state index is 12.9. The van der Waals surface area contributed by atoms with Gasteiger partial charge in [-0.2, -0.15) is 0 Å². The van der Waals surface area contributed by atoms with E-state index in [2.05, 4.69) is 93.7 Å². The van der Waals surface area contributed by atoms with Crippen molar-refractivity contribution in [3.05, 3.63) is 72.9 Å². The molecule has 0 saturated heterocycles. The fourth-order valence-corrected chi connectivity index (χ4v) is 9.06. The molecule has 0 heterocycles. The van der Waals surface area contributed by atoms with Crippen LogP contribution in [0.1, 0.15) is 316 Å². The second-order valence-electron chi connectivity index (χ2n) is 20.9. The highest BCUT2D eigenvalue weighted by molar-refractivity contribution is 5.70. The van der Waals surface area contributed by atoms with Crippen LogP contribution in [0.25, 0.3) is 0 Å². The predicted octanol–water partition coefficient (Wildman–Crippen LogP) is 21.8. The molecular weight excluding hydrogens is 885 g/mol. The van der Waals surface area contributed by atoms with E-state index in [1.165, 1.54) is 193 Å². The molecule has 1 atom stereocenters. The Labute approximate surface area is 448 Å². The van der Waals surface area contributed by atoms with Crippen LogP contribution in [0.4, 0.5) is 0 Å². The summed E-state index contributed by atoms with van der Waals surface area (Å²) in [6.07, 6.45) is 82.2. The average molecular weight is 1010 g/mol. The van der Waals surface area contributed by atoms with Crippen LogP contribution in [0.5, 0.6) is 0 Å². The zero-order chi connectivity index (χ0) is 52.0. The van der Waals surface area contributed by atoms with Crippen molar-refractivity contribution in [3.63, 3.8) is 0 Å². The highest BCUT2D eigenvalue weighted by Crippen LogP contribution is 2.17. The molecule has 0 fully saturated rings. The van der Waals surface area contributed by atoms with Crippen molar-refractivity contribution in [1.82, 2.24) is 0 Å². The summed E-state index contributed by atoms with van der Waals surface area (Å²) in [6, 6.07) is 0. The number of hydrogen-bond acceptors (Lipinski definition) is 5. The Morgan fingerprint density at radius 2 is 0.625 bits per heavy atom. The summed E-state index contributed by atoms with van der Waals surface area (Å²) in [5.41, 5.74) is 0. The van der Waals surface area contributed by atoms with Crippen LogP contribution in [0.15, 0.2) is 72.9 Å². The van der Waals surface area contributed by atoms with Gasteiger partial charge in [-0.25, -0.2) is 0 Å². The lowest BCUT2D eigenvalue weighted by atomic mass is 10.0. The van der Waals surface area contributed by atoms with Crippen molar-refractivity contribution in [3.8, 4) is 0 Å². The van der Waals surface area contributed by atoms with Crippen molar-refractivity contribution in [1.29, 1.82) is 0 Å². The summed E-state index contributed by atoms with van der Waals surface area (Å²) in [5.74, 6) is -0.411. The van der Waals surface area contributed by atoms with Gasteiger partial charge < -0.3 is 14.2 Å². The fourth-order valence-electron chi connectivity index (χ4n) is 9.06. The minimum Gasteiger partial charge on any atom is -0.462 e. The molecular formula is C67H120O5. The molecule has 0 aliphatic heterocycles. The van der Waals surface area contributed by atoms with E-state index in [-0.39, 0.29) is 25.2 Å². The first-order valence-corrected chi connectivity index (χ1v) is 31.5. The van der Waals surface area contributed by atoms with E-state index in [0.29, 0.717) is 19.4 Å². The summed E-state index contributed by atoms with van der Waals surface area (Å²) >= 11 is 0. The number of carbonyl (C=O) groups excluding carboxylic acids is 2. The quantitative estimate of drug-likeness (QED) is 0.0345. The van der Waals surface area contributed by atoms with Crippen LogP contribution in [0.3, 0.4) is 0 Å². The highest BCUT2D eigenvalue weighted by Gasteiger charge is 2.17. The van der Waals surface area contributed by atoms with Crippen molar-refractivity contribution in [2.75, 3.05) is 19.8 Å². The van der Waals surface area contributed by atoms with Crippen LogP contribution in [-0.4, -0.2) is 37.9 Å². The molecule has 72 heavy (non-hydrogen) atoms. The summed E-state index contributed by atoms with van der Waals surface area (Å²) in [4.78, 5) is 25.6. The maximum absolute atomic E-state index is 12.9. The Kier molecular flexibility index (Phi) is 60.3. The van der Waals surface area contributed by atoms with E-state index in [1.54, 1.807) is 0 Å². The number of carbonyl (C=O) groups is 2. The van der Waals surface area contributed by atoms with Gasteiger partial charge in [-0.05, 0) is 89.9 Å². The Morgan fingerprint density at radius 1 is 0.319 bits per heavy atom. The molecule has 418 valence electrons. The zero-order valence-corrected chi connectivity index (χ0v) is 48.2. The van der Waals surface area contributed by atoms with Gasteiger partial charge in [-0.15, -0.1) is 0 Å². The minimum absolute atomic E-state index is 0.0755. The topological polar surface area (TPSA) is 61.8 Å². The largest absolute Gasteiger partial charge is 0.462 e. The molecule has 0 aliphatic carbocycles. The van der Waals surface area contributed by atoms with E-state index >= 15 is 0 Å². The molecule has 0 bridgehead atoms. The first-order valence-electron chi connectivity index (χ1n) is 31.5. The standard InChI is InChI=1S/C67H120O5/c1-4-7-10-13-16-19-22-25-28-31-33-35-38-41-44-47-50-53-56-59-62-70-63-65(72-67(69)61-58-55-52-49-46-43-40-36-30-27-24-21-18-15-12-9-6-3)64-71-66(68)60-57-54-51-48-45-42-39-37-34-32-29-26-23-20-17-14-11-8-5-2/h9,12,16,18-19,21,25,27-28,30,40,43,65H,4-8,10-11,13-15,17,20,22-24,26,29,31-39,41-42,44-64H2,1-3H3/b12-9-,19-16-,21-18-,28-25-,30-27-,43-40-. The van der Waals surface area contributed by atoms with Crippen molar-refractivity contribution >= 4 is 11.9 Å². The summed E-state index contributed by atoms with van der Waals surface area (Å²) < 4.78 is 17.5. The lowest BCUT2D eigenvalue weighted by Gasteiger charge is -2.18. The van der Waals surface area contributed by atoms with Crippen LogP contribution in [0.2, 0.25) is 0 Å². The van der Waals surface area contributed by atoms with Crippen LogP contribution >= 0.6 is 0 Å². The van der Waals surface area contributed by atoms with E-state index in [4.69, 9.17) is 14.2 Å². The van der Waals surface area contributed by atoms with Crippen molar-refractivity contribution in [2.24, 2.45) is 0 Å². The number of ether oxygens (including phenoxy) is 3. The number of unbranched alkanes of at least 4 members (excludes halogenated alkanes) is 35. The average Bonchev–Trinajstić information content (AvgIpc) is 3.38. The number of rotatable bonds is 58. The second-order valence-corrected chi connectivity index (χ2v) is 20.9. The van der Waals surface area contributed by atoms with E-state index in [1.807, 2.05) is 0 Å². The van der Waals surface area contributed by atoms with Gasteiger partial charge in [0.05, 0.1) is 6.61 Å². The van der Waals surface area contributed by atoms with Crippen LogP contribution in [-0.2, 0) is 23.8 Å². The van der Waals surface area contributed by atoms with E-state index in [9.17, 15) is 9.59 Å². The molecule has 0 aromatic heterocycles. The molecule has 0 aromatic rings. The van der Waals surface area contributed by atoms with Gasteiger partial charge >= 0.3 is 11.9 Å². The second kappa shape index (κ2) is 62.6. The summed E-state index contributed by atoms with van der Waals surface area (Å²) in [5, 5.41) is 0. The molecule has 1 unspecified atom stereocenters. The van der Waals surface area contributed by atoms with Crippen LogP contribution in [0, 0.1) is 0 Å². The predicted molar refractivity (Wildman–Crippen MR) is 316 cm³/mol. The molecule has 0 saturated carbocycles. The summed E-state index contributed by atoms with van der Waals surface area (Å²) in [6.45, 7) is 7.71. The molecule has 0 N–H and O–H groups in total. The molecule has 0 aliphatic rings. The lowest BCUT2D eigenvalue weighted by molar-refractivity contribution is -0.163. The number of allylic oxidation sites excluding steroid dienone is 12. The van der Waals surface area contributed by atoms with Crippen LogP contribution < -0.4 is 0 Å². The Hall–Kier alpha value is -2.66. The monoisotopic (exact) mass is 1000 g/mol. The normalized spacial score (nSPS) is 12.7. The SMILES string of the molecule is CC/C=C\C/C=C\C/C=C\C/C=C\CCCCCCC(=O)OC(COCCCCCCCCCCCC/C=C\C/C=C\CCCCC)COC(=O)CCCCCCCCCCCCCCCCCCCCC. The minimum atomic E-state index is -0.553. The van der Waals surface area contributed by atoms with Gasteiger partial charge in [0.1, 0.15) is 6.61 Å². The third kappa shape index (κ3) is 59.9. The van der Waals surface area contributed by atoms with Gasteiger partial charge in [-0.1, -0.05) is 286 Å². The van der Waals surface area contributed by atoms with Crippen molar-refractivity contribution in [2.45, 2.75) is 322 Å². The molecule has 5 nitrogen and oxygen atoms in total. The fraction of sp³-hybridized carbons (Fsp3) is 0.791. The molecule has 5 heteroatoms. The number of esters is 2. The Bertz CT molecular complexity index is 1270. The smallest absolute Gasteiger partial charge is 0.306 e. The molecule has 0 radical (unpaired) electrons. The van der Waals surface area contributed by atoms with Gasteiger partial charge in [0.2, 0.25) is 0 Å². The number of hydrogen-bond donors (Lipinski definition) is 0. The highest BCUT2D eigenvalue weighted by atomic mass is 16.6. The molecule has 0 rings (SSSR count). The Balaban J connectivity index is 4.29. The maximum Gasteiger partial charge on any atom is 0.306 e. The lowest BCUT2D eigenvalue weighted by Crippen LogP contribution is -2.30. The molecule has 0 amide bonds. The third-order valence-corrected chi connectivity index (χ3v) is 13.7. The van der Waals surface area contributed by atoms with Gasteiger partial charge in [-0.3, -0.25) is 9.59 Å². The summed E-state index contributed by atoms with van der Waals surface area (Å²) in [7, 11) is 0. The molecule has 0 aromatic carbocycles. The van der Waals surface area contributed by atoms with E-state index in [0.717, 1.165) is 89.9 Å². The first kappa shape index (κ1) is 69.3.